The van der Waals surface area contributed by atoms with E-state index in [2.05, 4.69) is 10.7 Å². The molecule has 0 aliphatic carbocycles. The Morgan fingerprint density at radius 3 is 2.50 bits per heavy atom. The molecule has 1 unspecified atom stereocenters. The van der Waals surface area contributed by atoms with Crippen molar-refractivity contribution >= 4 is 27.5 Å². The number of hydrogen-bond donors (Lipinski definition) is 2. The van der Waals surface area contributed by atoms with Crippen molar-refractivity contribution in [1.29, 1.82) is 5.26 Å². The molecule has 36 heavy (non-hydrogen) atoms. The van der Waals surface area contributed by atoms with Crippen LogP contribution in [0.3, 0.4) is 0 Å². The molecule has 1 atom stereocenters. The van der Waals surface area contributed by atoms with Crippen LogP contribution in [0.15, 0.2) is 58.6 Å². The van der Waals surface area contributed by atoms with E-state index < -0.39 is 39.6 Å². The Kier molecular flexibility index (Phi) is 6.27. The molecule has 0 aromatic heterocycles. The van der Waals surface area contributed by atoms with Gasteiger partial charge in [0, 0.05) is 12.8 Å². The summed E-state index contributed by atoms with van der Waals surface area (Å²) in [5, 5.41) is 13.3. The third-order valence-corrected chi connectivity index (χ3v) is 7.00. The van der Waals surface area contributed by atoms with Crippen LogP contribution in [0.2, 0.25) is 0 Å². The highest BCUT2D eigenvalue weighted by atomic mass is 32.2. The molecule has 0 fully saturated rings. The number of benzene rings is 2. The van der Waals surface area contributed by atoms with Crippen molar-refractivity contribution in [3.63, 3.8) is 0 Å². The van der Waals surface area contributed by atoms with Gasteiger partial charge in [-0.1, -0.05) is 19.1 Å². The standard InChI is InChI=1S/C23H20F3N5O4S/c1-3-30-12-17-19(21(32)29-30)20(16-8-7-13(11-27)9-18(16)36(2,34)35)28-22(33)31(17)15-6-4-5-14(10-15)23(24,25)26/h4-10,20H,3,12H2,1-2H3,(H,28,33)(H,29,32). The third kappa shape index (κ3) is 4.52. The van der Waals surface area contributed by atoms with E-state index in [-0.39, 0.29) is 39.5 Å². The van der Waals surface area contributed by atoms with E-state index in [9.17, 15) is 36.4 Å². The van der Waals surface area contributed by atoms with Gasteiger partial charge in [-0.2, -0.15) is 18.4 Å². The molecule has 9 nitrogen and oxygen atoms in total. The van der Waals surface area contributed by atoms with Gasteiger partial charge in [-0.3, -0.25) is 15.1 Å². The van der Waals surface area contributed by atoms with E-state index in [0.717, 1.165) is 35.4 Å². The maximum atomic E-state index is 13.4. The van der Waals surface area contributed by atoms with Gasteiger partial charge in [0.05, 0.1) is 51.6 Å². The van der Waals surface area contributed by atoms with Crippen LogP contribution in [0.5, 0.6) is 0 Å². The van der Waals surface area contributed by atoms with Gasteiger partial charge in [-0.15, -0.1) is 0 Å². The Morgan fingerprint density at radius 1 is 1.17 bits per heavy atom. The first kappa shape index (κ1) is 25.2. The molecule has 0 saturated heterocycles. The predicted molar refractivity (Wildman–Crippen MR) is 122 cm³/mol. The monoisotopic (exact) mass is 519 g/mol. The first-order valence-electron chi connectivity index (χ1n) is 10.7. The average Bonchev–Trinajstić information content (AvgIpc) is 2.81. The van der Waals surface area contributed by atoms with Gasteiger partial charge in [-0.25, -0.2) is 18.2 Å². The van der Waals surface area contributed by atoms with Crippen LogP contribution in [-0.2, 0) is 20.8 Å². The molecular weight excluding hydrogens is 499 g/mol. The average molecular weight is 520 g/mol. The van der Waals surface area contributed by atoms with Crippen molar-refractivity contribution in [3.05, 3.63) is 70.4 Å². The lowest BCUT2D eigenvalue weighted by Gasteiger charge is -2.42. The van der Waals surface area contributed by atoms with Crippen LogP contribution in [-0.4, -0.2) is 44.7 Å². The SMILES string of the molecule is CCN1CC2=C(C(=O)N1)C(c1ccc(C#N)cc1S(C)(=O)=O)NC(=O)N2c1cccc(C(F)(F)F)c1. The van der Waals surface area contributed by atoms with E-state index in [1.54, 1.807) is 6.92 Å². The lowest BCUT2D eigenvalue weighted by Crippen LogP contribution is -2.58. The van der Waals surface area contributed by atoms with Crippen LogP contribution in [0.1, 0.15) is 29.7 Å². The number of urea groups is 1. The number of hydrogen-bond acceptors (Lipinski definition) is 6. The second-order valence-corrected chi connectivity index (χ2v) is 10.2. The molecule has 2 aromatic rings. The van der Waals surface area contributed by atoms with Gasteiger partial charge >= 0.3 is 12.2 Å². The van der Waals surface area contributed by atoms with Gasteiger partial charge in [0.15, 0.2) is 9.84 Å². The minimum atomic E-state index is -4.66. The van der Waals surface area contributed by atoms with Crippen molar-refractivity contribution < 1.29 is 31.2 Å². The summed E-state index contributed by atoms with van der Waals surface area (Å²) < 4.78 is 65.2. The Labute approximate surface area is 204 Å². The summed E-state index contributed by atoms with van der Waals surface area (Å²) in [6.45, 7) is 2.04. The van der Waals surface area contributed by atoms with Gasteiger partial charge in [0.25, 0.3) is 5.91 Å². The lowest BCUT2D eigenvalue weighted by atomic mass is 9.92. The smallest absolute Gasteiger partial charge is 0.326 e. The number of alkyl halides is 3. The van der Waals surface area contributed by atoms with E-state index in [4.69, 9.17) is 0 Å². The quantitative estimate of drug-likeness (QED) is 0.641. The van der Waals surface area contributed by atoms with Crippen molar-refractivity contribution in [3.8, 4) is 6.07 Å². The number of nitrogens with one attached hydrogen (secondary N) is 2. The molecule has 2 aliphatic rings. The van der Waals surface area contributed by atoms with Crippen molar-refractivity contribution in [1.82, 2.24) is 15.8 Å². The minimum Gasteiger partial charge on any atom is -0.326 e. The predicted octanol–water partition coefficient (Wildman–Crippen LogP) is 2.87. The number of nitriles is 1. The number of anilines is 1. The Bertz CT molecular complexity index is 1450. The highest BCUT2D eigenvalue weighted by molar-refractivity contribution is 7.90. The van der Waals surface area contributed by atoms with Crippen LogP contribution in [0.4, 0.5) is 23.7 Å². The number of sulfone groups is 1. The second-order valence-electron chi connectivity index (χ2n) is 8.22. The molecule has 2 aromatic carbocycles. The van der Waals surface area contributed by atoms with Gasteiger partial charge in [0.2, 0.25) is 0 Å². The molecule has 2 heterocycles. The van der Waals surface area contributed by atoms with E-state index in [1.807, 2.05) is 6.07 Å². The van der Waals surface area contributed by atoms with Crippen LogP contribution >= 0.6 is 0 Å². The molecule has 0 bridgehead atoms. The number of hydrazine groups is 1. The molecule has 2 N–H and O–H groups in total. The molecule has 13 heteroatoms. The number of likely N-dealkylation sites (N-methyl/N-ethyl adjacent to an activating group) is 1. The number of halogens is 3. The van der Waals surface area contributed by atoms with Gasteiger partial charge in [-0.05, 0) is 35.9 Å². The first-order chi connectivity index (χ1) is 16.8. The number of nitrogens with zero attached hydrogens (tertiary/aromatic N) is 3. The number of amides is 3. The normalized spacial score (nSPS) is 18.9. The summed E-state index contributed by atoms with van der Waals surface area (Å²) in [6.07, 6.45) is -3.73. The molecule has 3 amide bonds. The molecule has 0 saturated carbocycles. The highest BCUT2D eigenvalue weighted by Crippen LogP contribution is 2.39. The van der Waals surface area contributed by atoms with Crippen molar-refractivity contribution in [2.24, 2.45) is 0 Å². The van der Waals surface area contributed by atoms with E-state index >= 15 is 0 Å². The maximum Gasteiger partial charge on any atom is 0.416 e. The van der Waals surface area contributed by atoms with E-state index in [0.29, 0.717) is 6.54 Å². The third-order valence-electron chi connectivity index (χ3n) is 5.85. The number of carbonyl (C=O) groups is 2. The summed E-state index contributed by atoms with van der Waals surface area (Å²) in [7, 11) is -3.90. The summed E-state index contributed by atoms with van der Waals surface area (Å²) in [5.41, 5.74) is 1.77. The highest BCUT2D eigenvalue weighted by Gasteiger charge is 2.43. The van der Waals surface area contributed by atoms with Crippen LogP contribution < -0.4 is 15.6 Å². The Balaban J connectivity index is 1.95. The molecule has 188 valence electrons. The number of carbonyl (C=O) groups excluding carboxylic acids is 2. The molecule has 4 rings (SSSR count). The van der Waals surface area contributed by atoms with Crippen molar-refractivity contribution in [2.75, 3.05) is 24.2 Å². The molecule has 0 radical (unpaired) electrons. The number of rotatable bonds is 4. The zero-order valence-corrected chi connectivity index (χ0v) is 19.9. The Hall–Kier alpha value is -3.89. The summed E-state index contributed by atoms with van der Waals surface area (Å²) in [4.78, 5) is 27.3. The first-order valence-corrected chi connectivity index (χ1v) is 12.5. The summed E-state index contributed by atoms with van der Waals surface area (Å²) in [6, 6.07) is 7.76. The Morgan fingerprint density at radius 2 is 1.89 bits per heavy atom. The topological polar surface area (TPSA) is 123 Å². The fourth-order valence-corrected chi connectivity index (χ4v) is 5.15. The van der Waals surface area contributed by atoms with E-state index in [1.165, 1.54) is 23.2 Å². The van der Waals surface area contributed by atoms with Crippen LogP contribution in [0.25, 0.3) is 0 Å². The van der Waals surface area contributed by atoms with Crippen LogP contribution in [0, 0.1) is 11.3 Å². The maximum absolute atomic E-state index is 13.4. The lowest BCUT2D eigenvalue weighted by molar-refractivity contribution is -0.137. The fraction of sp³-hybridized carbons (Fsp3) is 0.261. The van der Waals surface area contributed by atoms with Gasteiger partial charge in [0.1, 0.15) is 0 Å². The second kappa shape index (κ2) is 8.96. The fourth-order valence-electron chi connectivity index (χ4n) is 4.19. The summed E-state index contributed by atoms with van der Waals surface area (Å²) in [5.74, 6) is -0.649. The molecular formula is C23H20F3N5O4S. The molecule has 2 aliphatic heterocycles. The largest absolute Gasteiger partial charge is 0.416 e. The minimum absolute atomic E-state index is 0.0219. The zero-order valence-electron chi connectivity index (χ0n) is 19.0. The molecule has 0 spiro atoms. The summed E-state index contributed by atoms with van der Waals surface area (Å²) >= 11 is 0. The zero-order chi connectivity index (χ0) is 26.4. The van der Waals surface area contributed by atoms with Crippen molar-refractivity contribution in [2.45, 2.75) is 24.0 Å². The van der Waals surface area contributed by atoms with Gasteiger partial charge < -0.3 is 5.32 Å².